The first-order valence-corrected chi connectivity index (χ1v) is 8.32. The van der Waals surface area contributed by atoms with E-state index in [0.29, 0.717) is 28.7 Å². The summed E-state index contributed by atoms with van der Waals surface area (Å²) < 4.78 is 13.3. The minimum absolute atomic E-state index is 0.284. The van der Waals surface area contributed by atoms with Crippen LogP contribution in [-0.4, -0.2) is 30.9 Å². The van der Waals surface area contributed by atoms with Gasteiger partial charge in [0, 0.05) is 0 Å². The maximum Gasteiger partial charge on any atom is 0.123 e. The fraction of sp³-hybridized carbons (Fsp3) is 0.350. The van der Waals surface area contributed by atoms with Crippen LogP contribution in [0.2, 0.25) is 0 Å². The van der Waals surface area contributed by atoms with E-state index in [-0.39, 0.29) is 12.4 Å². The monoisotopic (exact) mass is 343 g/mol. The van der Waals surface area contributed by atoms with E-state index < -0.39 is 5.60 Å². The van der Waals surface area contributed by atoms with Crippen molar-refractivity contribution < 1.29 is 19.5 Å². The summed E-state index contributed by atoms with van der Waals surface area (Å²) in [5.41, 5.74) is 0.696. The normalized spacial score (nSPS) is 13.5. The minimum atomic E-state index is -1.35. The smallest absolute Gasteiger partial charge is 0.123 e. The summed E-state index contributed by atoms with van der Waals surface area (Å²) in [5.74, 6) is -0.369. The predicted molar refractivity (Wildman–Crippen MR) is 93.4 cm³/mol. The Labute approximate surface area is 147 Å². The van der Waals surface area contributed by atoms with Gasteiger partial charge in [0.15, 0.2) is 0 Å². The van der Waals surface area contributed by atoms with Crippen molar-refractivity contribution in [3.05, 3.63) is 70.5 Å². The Morgan fingerprint density at radius 2 is 1.84 bits per heavy atom. The van der Waals surface area contributed by atoms with Gasteiger partial charge in [-0.25, -0.2) is 4.39 Å². The lowest BCUT2D eigenvalue weighted by Gasteiger charge is -2.31. The highest BCUT2D eigenvalue weighted by Crippen LogP contribution is 2.36. The van der Waals surface area contributed by atoms with Crippen molar-refractivity contribution in [1.29, 1.82) is 5.26 Å². The largest absolute Gasteiger partial charge is 0.392 e. The number of benzene rings is 2. The van der Waals surface area contributed by atoms with E-state index in [9.17, 15) is 14.6 Å². The molecule has 0 aromatic heterocycles. The highest BCUT2D eigenvalue weighted by molar-refractivity contribution is 5.45. The van der Waals surface area contributed by atoms with Crippen LogP contribution in [0, 0.1) is 17.1 Å². The molecule has 2 aromatic carbocycles. The molecule has 0 saturated heterocycles. The summed E-state index contributed by atoms with van der Waals surface area (Å²) in [5, 5.41) is 30.3. The molecular weight excluding hydrogens is 319 g/mol. The highest BCUT2D eigenvalue weighted by Gasteiger charge is 2.33. The van der Waals surface area contributed by atoms with Crippen molar-refractivity contribution in [1.82, 2.24) is 0 Å². The maximum absolute atomic E-state index is 13.3. The molecule has 0 unspecified atom stereocenters. The molecule has 2 aromatic rings. The molecule has 0 heterocycles. The number of halogens is 1. The zero-order valence-electron chi connectivity index (χ0n) is 14.6. The van der Waals surface area contributed by atoms with E-state index in [1.165, 1.54) is 17.0 Å². The lowest BCUT2D eigenvalue weighted by atomic mass is 9.80. The third-order valence-electron chi connectivity index (χ3n) is 4.39. The van der Waals surface area contributed by atoms with E-state index >= 15 is 0 Å². The lowest BCUT2D eigenvalue weighted by Crippen LogP contribution is -3.05. The molecule has 0 aliphatic carbocycles. The number of hydrogen-bond acceptors (Lipinski definition) is 3. The van der Waals surface area contributed by atoms with Crippen molar-refractivity contribution in [3.63, 3.8) is 0 Å². The van der Waals surface area contributed by atoms with Gasteiger partial charge in [-0.2, -0.15) is 5.26 Å². The molecule has 0 radical (unpaired) electrons. The summed E-state index contributed by atoms with van der Waals surface area (Å²) >= 11 is 0. The van der Waals surface area contributed by atoms with Crippen molar-refractivity contribution in [3.8, 4) is 6.07 Å². The second-order valence-electron chi connectivity index (χ2n) is 6.57. The second-order valence-corrected chi connectivity index (χ2v) is 6.57. The van der Waals surface area contributed by atoms with Crippen molar-refractivity contribution in [2.45, 2.75) is 25.0 Å². The number of aliphatic hydroxyl groups excluding tert-OH is 1. The number of hydrogen-bond donors (Lipinski definition) is 3. The van der Waals surface area contributed by atoms with Crippen molar-refractivity contribution in [2.24, 2.45) is 0 Å². The number of nitriles is 1. The lowest BCUT2D eigenvalue weighted by molar-refractivity contribution is -0.858. The van der Waals surface area contributed by atoms with Crippen LogP contribution in [0.25, 0.3) is 0 Å². The molecule has 5 heteroatoms. The first kappa shape index (κ1) is 19.1. The Bertz CT molecular complexity index is 753. The van der Waals surface area contributed by atoms with Crippen LogP contribution in [0.5, 0.6) is 0 Å². The maximum atomic E-state index is 13.3. The summed E-state index contributed by atoms with van der Waals surface area (Å²) in [7, 11) is 4.08. The predicted octanol–water partition coefficient (Wildman–Crippen LogP) is 1.35. The van der Waals surface area contributed by atoms with Gasteiger partial charge in [-0.05, 0) is 53.8 Å². The Hall–Kier alpha value is -2.26. The standard InChI is InChI=1S/C20H23FN2O2/c1-23(2)11-3-10-20(25,17-5-7-18(21)8-6-17)19-9-4-15(13-22)12-16(19)14-24/h4-9,12,24-25H,3,10-11,14H2,1-2H3/p+1/t20-/m1/s1. The summed E-state index contributed by atoms with van der Waals surface area (Å²) in [6.45, 7) is 0.585. The van der Waals surface area contributed by atoms with Crippen molar-refractivity contribution in [2.75, 3.05) is 20.6 Å². The van der Waals surface area contributed by atoms with Gasteiger partial charge < -0.3 is 15.1 Å². The van der Waals surface area contributed by atoms with Crippen LogP contribution in [-0.2, 0) is 12.2 Å². The van der Waals surface area contributed by atoms with Gasteiger partial charge in [0.1, 0.15) is 11.4 Å². The number of nitrogens with zero attached hydrogens (tertiary/aromatic N) is 1. The Kier molecular flexibility index (Phi) is 6.27. The highest BCUT2D eigenvalue weighted by atomic mass is 19.1. The van der Waals surface area contributed by atoms with Gasteiger partial charge in [-0.1, -0.05) is 18.2 Å². The molecule has 0 amide bonds. The molecule has 3 N–H and O–H groups in total. The zero-order valence-corrected chi connectivity index (χ0v) is 14.6. The molecule has 2 rings (SSSR count). The number of rotatable bonds is 7. The van der Waals surface area contributed by atoms with Gasteiger partial charge in [-0.15, -0.1) is 0 Å². The summed E-state index contributed by atoms with van der Waals surface area (Å²) in [6, 6.07) is 12.7. The van der Waals surface area contributed by atoms with Gasteiger partial charge in [0.05, 0.1) is 38.9 Å². The molecular formula is C20H24FN2O2+. The Morgan fingerprint density at radius 1 is 1.16 bits per heavy atom. The molecule has 0 aliphatic rings. The van der Waals surface area contributed by atoms with E-state index in [0.717, 1.165) is 13.0 Å². The third-order valence-corrected chi connectivity index (χ3v) is 4.39. The minimum Gasteiger partial charge on any atom is -0.392 e. The molecule has 0 fully saturated rings. The average Bonchev–Trinajstić information content (AvgIpc) is 2.61. The number of quaternary nitrogens is 1. The molecule has 1 atom stereocenters. The zero-order chi connectivity index (χ0) is 18.4. The molecule has 0 aliphatic heterocycles. The Morgan fingerprint density at radius 3 is 2.40 bits per heavy atom. The fourth-order valence-corrected chi connectivity index (χ4v) is 3.06. The van der Waals surface area contributed by atoms with Gasteiger partial charge in [0.25, 0.3) is 0 Å². The van der Waals surface area contributed by atoms with Crippen molar-refractivity contribution >= 4 is 0 Å². The first-order valence-electron chi connectivity index (χ1n) is 8.32. The van der Waals surface area contributed by atoms with Crippen LogP contribution < -0.4 is 4.90 Å². The first-order chi connectivity index (χ1) is 11.9. The van der Waals surface area contributed by atoms with Crippen LogP contribution in [0.3, 0.4) is 0 Å². The van der Waals surface area contributed by atoms with Crippen LogP contribution in [0.15, 0.2) is 42.5 Å². The van der Waals surface area contributed by atoms with E-state index in [4.69, 9.17) is 5.26 Å². The third kappa shape index (κ3) is 4.43. The second kappa shape index (κ2) is 8.21. The number of nitrogens with one attached hydrogen (secondary N) is 1. The fourth-order valence-electron chi connectivity index (χ4n) is 3.06. The summed E-state index contributed by atoms with van der Waals surface area (Å²) in [6.07, 6.45) is 1.18. The Balaban J connectivity index is 2.51. The summed E-state index contributed by atoms with van der Waals surface area (Å²) in [4.78, 5) is 1.27. The SMILES string of the molecule is C[NH+](C)CCC[C@@](O)(c1ccc(F)cc1)c1ccc(C#N)cc1CO. The van der Waals surface area contributed by atoms with Gasteiger partial charge in [0.2, 0.25) is 0 Å². The van der Waals surface area contributed by atoms with Gasteiger partial charge >= 0.3 is 0 Å². The van der Waals surface area contributed by atoms with Crippen LogP contribution >= 0.6 is 0 Å². The van der Waals surface area contributed by atoms with Gasteiger partial charge in [-0.3, -0.25) is 0 Å². The van der Waals surface area contributed by atoms with E-state index in [1.54, 1.807) is 30.3 Å². The average molecular weight is 343 g/mol. The topological polar surface area (TPSA) is 68.7 Å². The molecule has 132 valence electrons. The molecule has 4 nitrogen and oxygen atoms in total. The molecule has 25 heavy (non-hydrogen) atoms. The van der Waals surface area contributed by atoms with E-state index in [2.05, 4.69) is 0 Å². The molecule has 0 bridgehead atoms. The number of aliphatic hydroxyl groups is 2. The molecule has 0 saturated carbocycles. The van der Waals surface area contributed by atoms with Crippen LogP contribution in [0.4, 0.5) is 4.39 Å². The quantitative estimate of drug-likeness (QED) is 0.711. The molecule has 0 spiro atoms. The van der Waals surface area contributed by atoms with E-state index in [1.807, 2.05) is 20.2 Å². The van der Waals surface area contributed by atoms with Crippen LogP contribution in [0.1, 0.15) is 35.1 Å².